The molecule has 0 unspecified atom stereocenters. The highest BCUT2D eigenvalue weighted by Crippen LogP contribution is 2.50. The van der Waals surface area contributed by atoms with E-state index in [-0.39, 0.29) is 40.0 Å². The summed E-state index contributed by atoms with van der Waals surface area (Å²) in [6.07, 6.45) is 3.83. The molecule has 0 bridgehead atoms. The molecule has 2 aliphatic rings. The number of hydrogen-bond acceptors (Lipinski definition) is 6. The van der Waals surface area contributed by atoms with Crippen LogP contribution in [0.3, 0.4) is 0 Å². The van der Waals surface area contributed by atoms with Gasteiger partial charge in [-0.2, -0.15) is 5.26 Å². The maximum Gasteiger partial charge on any atom is 0.335 e. The maximum absolute atomic E-state index is 14.5. The van der Waals surface area contributed by atoms with Crippen molar-refractivity contribution in [1.29, 1.82) is 5.26 Å². The van der Waals surface area contributed by atoms with Crippen molar-refractivity contribution in [2.45, 2.75) is 57.9 Å². The fourth-order valence-corrected chi connectivity index (χ4v) is 5.89. The number of ether oxygens (including phenoxy) is 2. The molecule has 2 fully saturated rings. The second-order valence-electron chi connectivity index (χ2n) is 11.7. The van der Waals surface area contributed by atoms with E-state index in [2.05, 4.69) is 15.5 Å². The van der Waals surface area contributed by atoms with Gasteiger partial charge >= 0.3 is 5.97 Å². The van der Waals surface area contributed by atoms with Crippen LogP contribution in [0.2, 0.25) is 5.02 Å². The van der Waals surface area contributed by atoms with Crippen molar-refractivity contribution >= 4 is 28.6 Å². The van der Waals surface area contributed by atoms with E-state index >= 15 is 0 Å². The number of hydrogen-bond donors (Lipinski definition) is 1. The zero-order valence-electron chi connectivity index (χ0n) is 23.9. The molecule has 0 amide bonds. The minimum absolute atomic E-state index is 0.0132. The van der Waals surface area contributed by atoms with E-state index in [9.17, 15) is 23.9 Å². The van der Waals surface area contributed by atoms with Crippen LogP contribution >= 0.6 is 11.6 Å². The van der Waals surface area contributed by atoms with Crippen molar-refractivity contribution in [3.05, 3.63) is 88.2 Å². The van der Waals surface area contributed by atoms with E-state index in [4.69, 9.17) is 26.1 Å². The van der Waals surface area contributed by atoms with Crippen molar-refractivity contribution in [3.63, 3.8) is 0 Å². The number of benzene rings is 3. The second kappa shape index (κ2) is 12.4. The van der Waals surface area contributed by atoms with Crippen LogP contribution in [0.1, 0.15) is 53.8 Å². The predicted octanol–water partition coefficient (Wildman–Crippen LogP) is 6.98. The normalized spacial score (nSPS) is 16.5. The summed E-state index contributed by atoms with van der Waals surface area (Å²) in [6, 6.07) is 15.8. The third-order valence-corrected chi connectivity index (χ3v) is 8.71. The third kappa shape index (κ3) is 6.64. The number of nitrogens with zero attached hydrogens (tertiary/aromatic N) is 4. The molecule has 8 nitrogen and oxygen atoms in total. The number of likely N-dealkylation sites (tertiary alicyclic amines) is 1. The topological polar surface area (TPSA) is 101 Å². The molecule has 228 valence electrons. The zero-order valence-corrected chi connectivity index (χ0v) is 24.7. The first-order chi connectivity index (χ1) is 21.2. The molecule has 1 aromatic heterocycles. The Morgan fingerprint density at radius 3 is 2.59 bits per heavy atom. The number of nitriles is 1. The monoisotopic (exact) mass is 620 g/mol. The number of imidazole rings is 1. The second-order valence-corrected chi connectivity index (χ2v) is 12.1. The molecule has 3 aromatic carbocycles. The van der Waals surface area contributed by atoms with E-state index < -0.39 is 17.6 Å². The van der Waals surface area contributed by atoms with E-state index in [1.54, 1.807) is 30.3 Å². The standard InChI is InChI=1S/C33H31ClF2N4O4/c34-23-2-6-30(27(36)17-23)43-19-22-15-25(3-4-26(22)35)44-24-7-13-39(14-8-24)18-31-38-28-5-1-21(32(41)42)16-29(28)40(31)20-33(9-10-33)11-12-37/h1-6,15-17,24H,7-11,13-14,18-20H2,(H,41,42). The van der Waals surface area contributed by atoms with Crippen LogP contribution in [0.25, 0.3) is 11.0 Å². The van der Waals surface area contributed by atoms with E-state index in [1.807, 2.05) is 0 Å². The summed E-state index contributed by atoms with van der Waals surface area (Å²) in [4.78, 5) is 18.8. The quantitative estimate of drug-likeness (QED) is 0.193. The average molecular weight is 621 g/mol. The van der Waals surface area contributed by atoms with Gasteiger partial charge in [-0.1, -0.05) is 11.6 Å². The number of aromatic nitrogens is 2. The molecule has 11 heteroatoms. The molecule has 4 aromatic rings. The molecule has 0 spiro atoms. The number of fused-ring (bicyclic) bond motifs is 1. The molecule has 1 N–H and O–H groups in total. The number of halogens is 3. The van der Waals surface area contributed by atoms with E-state index in [0.717, 1.165) is 61.7 Å². The summed E-state index contributed by atoms with van der Waals surface area (Å²) in [5.74, 6) is -0.720. The number of rotatable bonds is 11. The van der Waals surface area contributed by atoms with Crippen LogP contribution in [0.4, 0.5) is 8.78 Å². The van der Waals surface area contributed by atoms with Gasteiger partial charge in [0.05, 0.1) is 29.2 Å². The number of piperidine rings is 1. The predicted molar refractivity (Wildman–Crippen MR) is 160 cm³/mol. The Kier molecular flexibility index (Phi) is 8.43. The maximum atomic E-state index is 14.5. The first-order valence-corrected chi connectivity index (χ1v) is 14.9. The summed E-state index contributed by atoms with van der Waals surface area (Å²) in [7, 11) is 0. The van der Waals surface area contributed by atoms with Gasteiger partial charge < -0.3 is 19.1 Å². The molecule has 44 heavy (non-hydrogen) atoms. The minimum atomic E-state index is -0.988. The van der Waals surface area contributed by atoms with Crippen molar-refractivity contribution in [1.82, 2.24) is 14.5 Å². The number of aromatic carboxylic acids is 1. The lowest BCUT2D eigenvalue weighted by Crippen LogP contribution is -2.38. The lowest BCUT2D eigenvalue weighted by Gasteiger charge is -2.32. The van der Waals surface area contributed by atoms with Crippen LogP contribution in [0.5, 0.6) is 11.5 Å². The number of carbonyl (C=O) groups is 1. The first-order valence-electron chi connectivity index (χ1n) is 14.6. The lowest BCUT2D eigenvalue weighted by atomic mass is 10.0. The highest BCUT2D eigenvalue weighted by molar-refractivity contribution is 6.30. The Morgan fingerprint density at radius 2 is 1.89 bits per heavy atom. The Balaban J connectivity index is 1.10. The van der Waals surface area contributed by atoms with Crippen molar-refractivity contribution in [2.24, 2.45) is 5.41 Å². The van der Waals surface area contributed by atoms with Gasteiger partial charge in [-0.25, -0.2) is 18.6 Å². The third-order valence-electron chi connectivity index (χ3n) is 8.48. The molecule has 1 aliphatic heterocycles. The smallest absolute Gasteiger partial charge is 0.335 e. The average Bonchev–Trinajstić information content (AvgIpc) is 3.68. The molecule has 1 aliphatic carbocycles. The van der Waals surface area contributed by atoms with Crippen LogP contribution in [0, 0.1) is 28.4 Å². The zero-order chi connectivity index (χ0) is 30.8. The van der Waals surface area contributed by atoms with Gasteiger partial charge in [0, 0.05) is 42.1 Å². The summed E-state index contributed by atoms with van der Waals surface area (Å²) < 4.78 is 42.3. The first kappa shape index (κ1) is 29.9. The molecule has 6 rings (SSSR count). The van der Waals surface area contributed by atoms with Gasteiger partial charge in [-0.05, 0) is 80.3 Å². The van der Waals surface area contributed by atoms with Gasteiger partial charge in [-0.15, -0.1) is 0 Å². The summed E-state index contributed by atoms with van der Waals surface area (Å²) >= 11 is 5.79. The fraction of sp³-hybridized carbons (Fsp3) is 0.364. The number of carboxylic acids is 1. The lowest BCUT2D eigenvalue weighted by molar-refractivity contribution is 0.0697. The van der Waals surface area contributed by atoms with Gasteiger partial charge in [0.25, 0.3) is 0 Å². The Hall–Kier alpha value is -4.20. The molecule has 0 radical (unpaired) electrons. The molecular weight excluding hydrogens is 590 g/mol. The Labute approximate surface area is 258 Å². The molecule has 2 heterocycles. The molecular formula is C33H31ClF2N4O4. The van der Waals surface area contributed by atoms with Crippen LogP contribution in [-0.4, -0.2) is 44.7 Å². The van der Waals surface area contributed by atoms with Gasteiger partial charge in [0.1, 0.15) is 30.1 Å². The van der Waals surface area contributed by atoms with Gasteiger partial charge in [0.2, 0.25) is 0 Å². The SMILES string of the molecule is N#CCC1(Cn2c(CN3CCC(Oc4ccc(F)c(COc5ccc(Cl)cc5F)c4)CC3)nc3ccc(C(=O)O)cc32)CC1. The highest BCUT2D eigenvalue weighted by atomic mass is 35.5. The minimum Gasteiger partial charge on any atom is -0.490 e. The highest BCUT2D eigenvalue weighted by Gasteiger charge is 2.43. The van der Waals surface area contributed by atoms with E-state index in [1.165, 1.54) is 18.2 Å². The van der Waals surface area contributed by atoms with Crippen LogP contribution in [0.15, 0.2) is 54.6 Å². The largest absolute Gasteiger partial charge is 0.490 e. The summed E-state index contributed by atoms with van der Waals surface area (Å²) in [5, 5.41) is 19.2. The summed E-state index contributed by atoms with van der Waals surface area (Å²) in [6.45, 7) is 2.57. The van der Waals surface area contributed by atoms with Gasteiger partial charge in [0.15, 0.2) is 11.6 Å². The van der Waals surface area contributed by atoms with Crippen molar-refractivity contribution < 1.29 is 28.2 Å². The molecule has 1 saturated heterocycles. The molecule has 0 atom stereocenters. The summed E-state index contributed by atoms with van der Waals surface area (Å²) in [5.41, 5.74) is 1.90. The Morgan fingerprint density at radius 1 is 1.09 bits per heavy atom. The number of carboxylic acid groups (broad SMARTS) is 1. The van der Waals surface area contributed by atoms with Crippen LogP contribution in [-0.2, 0) is 19.7 Å². The Bertz CT molecular complexity index is 1740. The van der Waals surface area contributed by atoms with Crippen LogP contribution < -0.4 is 9.47 Å². The van der Waals surface area contributed by atoms with Crippen molar-refractivity contribution in [2.75, 3.05) is 13.1 Å². The fourth-order valence-electron chi connectivity index (χ4n) is 5.73. The van der Waals surface area contributed by atoms with E-state index in [0.29, 0.717) is 25.3 Å². The van der Waals surface area contributed by atoms with Gasteiger partial charge in [-0.3, -0.25) is 4.90 Å². The van der Waals surface area contributed by atoms with Crippen molar-refractivity contribution in [3.8, 4) is 17.6 Å². The molecule has 1 saturated carbocycles.